The molecule has 0 unspecified atom stereocenters. The number of hydrogen-bond acceptors (Lipinski definition) is 6. The van der Waals surface area contributed by atoms with Crippen molar-refractivity contribution >= 4 is 40.9 Å². The molecule has 0 bridgehead atoms. The number of aliphatic hydroxyl groups is 1. The molecule has 10 nitrogen and oxygen atoms in total. The Balaban J connectivity index is 1.48. The first kappa shape index (κ1) is 23.2. The molecule has 2 atom stereocenters. The lowest BCUT2D eigenvalue weighted by molar-refractivity contribution is -0.119. The number of carboxylic acid groups (broad SMARTS) is 1. The van der Waals surface area contributed by atoms with Crippen LogP contribution >= 0.6 is 11.6 Å². The molecule has 1 aliphatic rings. The smallest absolute Gasteiger partial charge is 0.358 e. The van der Waals surface area contributed by atoms with Crippen molar-refractivity contribution in [1.82, 2.24) is 9.88 Å². The number of oxazole rings is 1. The zero-order chi connectivity index (χ0) is 24.4. The minimum absolute atomic E-state index is 0.0282. The zero-order valence-corrected chi connectivity index (χ0v) is 18.1. The van der Waals surface area contributed by atoms with Crippen molar-refractivity contribution in [3.05, 3.63) is 65.4 Å². The number of amides is 3. The lowest BCUT2D eigenvalue weighted by Gasteiger charge is -2.24. The van der Waals surface area contributed by atoms with Crippen molar-refractivity contribution in [2.75, 3.05) is 17.2 Å². The summed E-state index contributed by atoms with van der Waals surface area (Å²) < 4.78 is 19.7. The fraction of sp³-hybridized carbons (Fsp3) is 0.182. The Morgan fingerprint density at radius 2 is 1.88 bits per heavy atom. The summed E-state index contributed by atoms with van der Waals surface area (Å²) in [6.07, 6.45) is -0.0269. The van der Waals surface area contributed by atoms with Crippen LogP contribution in [0.2, 0.25) is 5.02 Å². The molecular weight excluding hydrogens is 471 g/mol. The third-order valence-electron chi connectivity index (χ3n) is 5.20. The van der Waals surface area contributed by atoms with Gasteiger partial charge in [0.1, 0.15) is 11.9 Å². The molecule has 1 aliphatic heterocycles. The second-order valence-electron chi connectivity index (χ2n) is 7.51. The van der Waals surface area contributed by atoms with E-state index in [1.54, 1.807) is 24.3 Å². The van der Waals surface area contributed by atoms with Crippen LogP contribution in [0.3, 0.4) is 0 Å². The second-order valence-corrected chi connectivity index (χ2v) is 7.95. The minimum Gasteiger partial charge on any atom is -0.476 e. The van der Waals surface area contributed by atoms with Crippen LogP contribution in [0, 0.1) is 5.82 Å². The first-order valence-electron chi connectivity index (χ1n) is 10.0. The van der Waals surface area contributed by atoms with Gasteiger partial charge in [0, 0.05) is 29.2 Å². The Bertz CT molecular complexity index is 1250. The Labute approximate surface area is 197 Å². The molecule has 176 valence electrons. The van der Waals surface area contributed by atoms with Gasteiger partial charge in [0.25, 0.3) is 0 Å². The van der Waals surface area contributed by atoms with E-state index in [1.807, 2.05) is 0 Å². The molecule has 1 aromatic heterocycles. The lowest BCUT2D eigenvalue weighted by atomic mass is 10.1. The van der Waals surface area contributed by atoms with Crippen molar-refractivity contribution in [2.45, 2.75) is 18.6 Å². The number of carbonyl (C=O) groups excluding carboxylic acids is 2. The monoisotopic (exact) mass is 488 g/mol. The summed E-state index contributed by atoms with van der Waals surface area (Å²) in [4.78, 5) is 41.5. The van der Waals surface area contributed by atoms with Gasteiger partial charge in [-0.1, -0.05) is 11.6 Å². The number of rotatable bonds is 5. The first-order valence-corrected chi connectivity index (χ1v) is 10.4. The number of likely N-dealkylation sites (tertiary alicyclic amines) is 1. The van der Waals surface area contributed by atoms with Crippen LogP contribution in [-0.4, -0.2) is 56.7 Å². The highest BCUT2D eigenvalue weighted by molar-refractivity contribution is 6.30. The summed E-state index contributed by atoms with van der Waals surface area (Å²) in [5.74, 6) is -3.01. The number of aromatic carboxylic acids is 1. The van der Waals surface area contributed by atoms with Crippen molar-refractivity contribution in [3.63, 3.8) is 0 Å². The predicted molar refractivity (Wildman–Crippen MR) is 119 cm³/mol. The van der Waals surface area contributed by atoms with E-state index >= 15 is 0 Å². The van der Waals surface area contributed by atoms with E-state index in [4.69, 9.17) is 21.1 Å². The molecule has 3 aromatic rings. The van der Waals surface area contributed by atoms with E-state index in [1.165, 1.54) is 12.1 Å². The van der Waals surface area contributed by atoms with Gasteiger partial charge in [-0.05, 0) is 42.5 Å². The minimum atomic E-state index is -1.33. The highest BCUT2D eigenvalue weighted by Gasteiger charge is 2.39. The molecule has 0 aliphatic carbocycles. The van der Waals surface area contributed by atoms with Crippen LogP contribution in [0.5, 0.6) is 0 Å². The Kier molecular flexibility index (Phi) is 6.48. The summed E-state index contributed by atoms with van der Waals surface area (Å²) >= 11 is 5.84. The molecule has 2 aromatic carbocycles. The molecule has 1 saturated heterocycles. The number of hydrogen-bond donors (Lipinski definition) is 4. The van der Waals surface area contributed by atoms with Crippen molar-refractivity contribution in [2.24, 2.45) is 0 Å². The summed E-state index contributed by atoms with van der Waals surface area (Å²) in [6.45, 7) is -0.0810. The summed E-state index contributed by atoms with van der Waals surface area (Å²) in [5.41, 5.74) is -0.00144. The van der Waals surface area contributed by atoms with Crippen molar-refractivity contribution in [1.29, 1.82) is 0 Å². The Hall–Kier alpha value is -3.96. The predicted octanol–water partition coefficient (Wildman–Crippen LogP) is 3.44. The average Bonchev–Trinajstić information content (AvgIpc) is 3.44. The number of halogens is 2. The highest BCUT2D eigenvalue weighted by Crippen LogP contribution is 2.28. The number of carbonyl (C=O) groups is 3. The third kappa shape index (κ3) is 4.85. The van der Waals surface area contributed by atoms with Crippen LogP contribution in [0.1, 0.15) is 16.9 Å². The first-order chi connectivity index (χ1) is 16.2. The number of β-amino-alcohol motifs (C(OH)–C–C–N with tert-alkyl or cyclic N) is 1. The van der Waals surface area contributed by atoms with Crippen LogP contribution in [0.15, 0.2) is 53.3 Å². The maximum atomic E-state index is 14.7. The molecule has 34 heavy (non-hydrogen) atoms. The van der Waals surface area contributed by atoms with Gasteiger partial charge >= 0.3 is 12.0 Å². The van der Waals surface area contributed by atoms with E-state index in [0.717, 1.165) is 17.4 Å². The summed E-state index contributed by atoms with van der Waals surface area (Å²) in [6, 6.07) is 8.29. The topological polar surface area (TPSA) is 145 Å². The molecule has 3 amide bonds. The van der Waals surface area contributed by atoms with Gasteiger partial charge in [-0.25, -0.2) is 19.0 Å². The molecule has 4 rings (SSSR count). The fourth-order valence-electron chi connectivity index (χ4n) is 3.59. The maximum absolute atomic E-state index is 14.7. The van der Waals surface area contributed by atoms with Crippen LogP contribution in [0.4, 0.5) is 20.6 Å². The van der Waals surface area contributed by atoms with Crippen LogP contribution in [-0.2, 0) is 4.79 Å². The van der Waals surface area contributed by atoms with Gasteiger partial charge < -0.3 is 30.2 Å². The van der Waals surface area contributed by atoms with E-state index in [-0.39, 0.29) is 35.7 Å². The molecule has 0 spiro atoms. The van der Waals surface area contributed by atoms with E-state index in [9.17, 15) is 23.9 Å². The van der Waals surface area contributed by atoms with E-state index in [2.05, 4.69) is 15.6 Å². The molecule has 0 saturated carbocycles. The van der Waals surface area contributed by atoms with E-state index in [0.29, 0.717) is 10.7 Å². The number of aliphatic hydroxyl groups excluding tert-OH is 1. The lowest BCUT2D eigenvalue weighted by Crippen LogP contribution is -2.45. The van der Waals surface area contributed by atoms with Gasteiger partial charge in [-0.2, -0.15) is 0 Å². The maximum Gasteiger partial charge on any atom is 0.358 e. The number of anilines is 2. The number of carboxylic acids is 1. The summed E-state index contributed by atoms with van der Waals surface area (Å²) in [5, 5.41) is 24.7. The van der Waals surface area contributed by atoms with Gasteiger partial charge in [0.15, 0.2) is 17.8 Å². The van der Waals surface area contributed by atoms with Gasteiger partial charge in [0.05, 0.1) is 11.8 Å². The number of urea groups is 1. The molecule has 1 fully saturated rings. The van der Waals surface area contributed by atoms with E-state index < -0.39 is 35.9 Å². The molecule has 0 radical (unpaired) electrons. The third-order valence-corrected chi connectivity index (χ3v) is 5.45. The standard InChI is InChI=1S/C22H18ClFN4O6/c23-12-2-4-13(5-3-12)26-22(33)28-9-14(29)8-17(28)20(30)27-16-6-1-11(7-15(16)24)19-18(21(31)32)25-10-34-19/h1-7,10,14,17,29H,8-9H2,(H,26,33)(H,27,30)(H,31,32)/t14-,17-/m1/s1. The van der Waals surface area contributed by atoms with Crippen LogP contribution < -0.4 is 10.6 Å². The highest BCUT2D eigenvalue weighted by atomic mass is 35.5. The van der Waals surface area contributed by atoms with Gasteiger partial charge in [-0.15, -0.1) is 0 Å². The number of benzene rings is 2. The molecular formula is C22H18ClFN4O6. The molecule has 12 heteroatoms. The molecule has 2 heterocycles. The second kappa shape index (κ2) is 9.49. The largest absolute Gasteiger partial charge is 0.476 e. The number of nitrogens with one attached hydrogen (secondary N) is 2. The van der Waals surface area contributed by atoms with Crippen molar-refractivity contribution < 1.29 is 33.4 Å². The zero-order valence-electron chi connectivity index (χ0n) is 17.4. The summed E-state index contributed by atoms with van der Waals surface area (Å²) in [7, 11) is 0. The SMILES string of the molecule is O=C(O)c1ncoc1-c1ccc(NC(=O)[C@H]2C[C@@H](O)CN2C(=O)Nc2ccc(Cl)cc2)c(F)c1. The average molecular weight is 489 g/mol. The van der Waals surface area contributed by atoms with Crippen molar-refractivity contribution in [3.8, 4) is 11.3 Å². The quantitative estimate of drug-likeness (QED) is 0.430. The number of aromatic nitrogens is 1. The Morgan fingerprint density at radius 3 is 2.56 bits per heavy atom. The number of nitrogens with zero attached hydrogens (tertiary/aromatic N) is 2. The molecule has 4 N–H and O–H groups in total. The Morgan fingerprint density at radius 1 is 1.15 bits per heavy atom. The fourth-order valence-corrected chi connectivity index (χ4v) is 3.72. The van der Waals surface area contributed by atoms with Crippen LogP contribution in [0.25, 0.3) is 11.3 Å². The normalized spacial score (nSPS) is 17.4. The van der Waals surface area contributed by atoms with Gasteiger partial charge in [-0.3, -0.25) is 4.79 Å². The van der Waals surface area contributed by atoms with Gasteiger partial charge in [0.2, 0.25) is 5.91 Å².